The molecule has 1 aliphatic heterocycles. The lowest BCUT2D eigenvalue weighted by Crippen LogP contribution is -2.30. The van der Waals surface area contributed by atoms with Crippen molar-refractivity contribution in [2.45, 2.75) is 110 Å². The number of aliphatic hydroxyl groups excluding tert-OH is 1. The SMILES string of the molecule is C=C(CCCCCCC)Oc1cc(C2Oc3cc(O)cc(O)c3CC2O)ccc1OC(=O)CCCCCCC. The number of ether oxygens (including phenoxy) is 3. The molecule has 0 amide bonds. The van der Waals surface area contributed by atoms with Crippen molar-refractivity contribution >= 4 is 5.97 Å². The summed E-state index contributed by atoms with van der Waals surface area (Å²) < 4.78 is 17.8. The molecule has 0 aromatic heterocycles. The van der Waals surface area contributed by atoms with Gasteiger partial charge in [0.2, 0.25) is 0 Å². The second-order valence-corrected chi connectivity index (χ2v) is 10.4. The van der Waals surface area contributed by atoms with Gasteiger partial charge in [-0.05, 0) is 30.5 Å². The van der Waals surface area contributed by atoms with Crippen LogP contribution in [0.15, 0.2) is 42.7 Å². The Bertz CT molecular complexity index is 1090. The maximum absolute atomic E-state index is 12.6. The molecule has 0 radical (unpaired) electrons. The highest BCUT2D eigenvalue weighted by Gasteiger charge is 2.33. The molecule has 2 aromatic rings. The van der Waals surface area contributed by atoms with Crippen molar-refractivity contribution < 1.29 is 34.3 Å². The zero-order chi connectivity index (χ0) is 28.2. The number of unbranched alkanes of at least 4 members (excludes halogenated alkanes) is 8. The van der Waals surface area contributed by atoms with Gasteiger partial charge in [0.25, 0.3) is 0 Å². The highest BCUT2D eigenvalue weighted by molar-refractivity contribution is 5.73. The Hall–Kier alpha value is -3.19. The van der Waals surface area contributed by atoms with Crippen molar-refractivity contribution in [2.24, 2.45) is 0 Å². The van der Waals surface area contributed by atoms with Gasteiger partial charge in [0, 0.05) is 37.0 Å². The molecule has 1 heterocycles. The summed E-state index contributed by atoms with van der Waals surface area (Å²) >= 11 is 0. The van der Waals surface area contributed by atoms with Crippen molar-refractivity contribution in [3.63, 3.8) is 0 Å². The first-order valence-electron chi connectivity index (χ1n) is 14.4. The number of rotatable bonds is 16. The predicted octanol–water partition coefficient (Wildman–Crippen LogP) is 7.65. The molecule has 0 saturated heterocycles. The fourth-order valence-electron chi connectivity index (χ4n) is 4.79. The minimum atomic E-state index is -0.945. The van der Waals surface area contributed by atoms with Crippen molar-refractivity contribution in [2.75, 3.05) is 0 Å². The van der Waals surface area contributed by atoms with Crippen LogP contribution in [0.3, 0.4) is 0 Å². The smallest absolute Gasteiger partial charge is 0.311 e. The fraction of sp³-hybridized carbons (Fsp3) is 0.531. The summed E-state index contributed by atoms with van der Waals surface area (Å²) in [6, 6.07) is 7.73. The number of aromatic hydroxyl groups is 2. The number of hydrogen-bond donors (Lipinski definition) is 3. The van der Waals surface area contributed by atoms with E-state index in [4.69, 9.17) is 14.2 Å². The molecule has 0 fully saturated rings. The molecular formula is C32H44O7. The first-order chi connectivity index (χ1) is 18.8. The van der Waals surface area contributed by atoms with Gasteiger partial charge in [0.1, 0.15) is 23.4 Å². The van der Waals surface area contributed by atoms with Crippen molar-refractivity contribution in [1.82, 2.24) is 0 Å². The van der Waals surface area contributed by atoms with Crippen LogP contribution in [0, 0.1) is 0 Å². The highest BCUT2D eigenvalue weighted by Crippen LogP contribution is 2.43. The molecule has 3 rings (SSSR count). The number of fused-ring (bicyclic) bond motifs is 1. The van der Waals surface area contributed by atoms with Gasteiger partial charge in [-0.3, -0.25) is 4.79 Å². The zero-order valence-electron chi connectivity index (χ0n) is 23.4. The lowest BCUT2D eigenvalue weighted by Gasteiger charge is -2.31. The molecule has 1 aliphatic rings. The molecule has 0 spiro atoms. The molecular weight excluding hydrogens is 496 g/mol. The van der Waals surface area contributed by atoms with E-state index in [9.17, 15) is 20.1 Å². The summed E-state index contributed by atoms with van der Waals surface area (Å²) in [4.78, 5) is 12.6. The van der Waals surface area contributed by atoms with Crippen molar-refractivity contribution in [1.29, 1.82) is 0 Å². The lowest BCUT2D eigenvalue weighted by molar-refractivity contribution is -0.134. The van der Waals surface area contributed by atoms with Gasteiger partial charge < -0.3 is 29.5 Å². The second kappa shape index (κ2) is 15.4. The van der Waals surface area contributed by atoms with E-state index in [0.29, 0.717) is 47.0 Å². The number of esters is 1. The Labute approximate surface area is 232 Å². The third kappa shape index (κ3) is 9.20. The number of hydrogen-bond acceptors (Lipinski definition) is 7. The van der Waals surface area contributed by atoms with Crippen LogP contribution in [0.2, 0.25) is 0 Å². The standard InChI is InChI=1S/C32H44O7/c1-4-6-8-10-12-14-22(3)37-30-18-23(16-17-28(30)38-31(36)15-13-11-9-7-5-2)32-27(35)21-25-26(34)19-24(33)20-29(25)39-32/h16-20,27,32-35H,3-15,21H2,1-2H3. The highest BCUT2D eigenvalue weighted by atomic mass is 16.6. The van der Waals surface area contributed by atoms with Crippen LogP contribution in [0.5, 0.6) is 28.7 Å². The Kier molecular flexibility index (Phi) is 12.0. The maximum Gasteiger partial charge on any atom is 0.311 e. The quantitative estimate of drug-likeness (QED) is 0.0869. The van der Waals surface area contributed by atoms with E-state index in [1.165, 1.54) is 31.4 Å². The molecule has 2 atom stereocenters. The molecule has 7 heteroatoms. The summed E-state index contributed by atoms with van der Waals surface area (Å²) in [6.45, 7) is 8.41. The van der Waals surface area contributed by atoms with Crippen LogP contribution >= 0.6 is 0 Å². The van der Waals surface area contributed by atoms with E-state index in [-0.39, 0.29) is 23.9 Å². The van der Waals surface area contributed by atoms with Gasteiger partial charge in [-0.2, -0.15) is 0 Å². The van der Waals surface area contributed by atoms with Crippen LogP contribution in [0.25, 0.3) is 0 Å². The summed E-state index contributed by atoms with van der Waals surface area (Å²) in [5, 5.41) is 30.9. The summed E-state index contributed by atoms with van der Waals surface area (Å²) in [7, 11) is 0. The first-order valence-corrected chi connectivity index (χ1v) is 14.4. The van der Waals surface area contributed by atoms with Gasteiger partial charge >= 0.3 is 5.97 Å². The number of aliphatic hydroxyl groups is 1. The third-order valence-corrected chi connectivity index (χ3v) is 7.00. The number of phenols is 2. The summed E-state index contributed by atoms with van der Waals surface area (Å²) in [5.74, 6) is 0.946. The van der Waals surface area contributed by atoms with Gasteiger partial charge in [-0.25, -0.2) is 0 Å². The molecule has 7 nitrogen and oxygen atoms in total. The van der Waals surface area contributed by atoms with Crippen LogP contribution in [-0.4, -0.2) is 27.4 Å². The zero-order valence-corrected chi connectivity index (χ0v) is 23.4. The van der Waals surface area contributed by atoms with E-state index in [0.717, 1.165) is 44.9 Å². The van der Waals surface area contributed by atoms with E-state index < -0.39 is 12.2 Å². The normalized spacial score (nSPS) is 16.3. The monoisotopic (exact) mass is 540 g/mol. The minimum absolute atomic E-state index is 0.126. The average molecular weight is 541 g/mol. The fourth-order valence-corrected chi connectivity index (χ4v) is 4.79. The lowest BCUT2D eigenvalue weighted by atomic mass is 9.94. The van der Waals surface area contributed by atoms with Crippen molar-refractivity contribution in [3.05, 3.63) is 53.8 Å². The number of benzene rings is 2. The third-order valence-electron chi connectivity index (χ3n) is 7.00. The first kappa shape index (κ1) is 30.4. The molecule has 2 unspecified atom stereocenters. The van der Waals surface area contributed by atoms with E-state index in [1.807, 2.05) is 0 Å². The number of carbonyl (C=O) groups is 1. The molecule has 0 bridgehead atoms. The average Bonchev–Trinajstić information content (AvgIpc) is 2.89. The van der Waals surface area contributed by atoms with E-state index in [1.54, 1.807) is 18.2 Å². The largest absolute Gasteiger partial charge is 0.508 e. The number of phenolic OH excluding ortho intramolecular Hbond substituents is 2. The maximum atomic E-state index is 12.6. The molecule has 0 aliphatic carbocycles. The second-order valence-electron chi connectivity index (χ2n) is 10.4. The van der Waals surface area contributed by atoms with Crippen LogP contribution in [0.1, 0.15) is 108 Å². The van der Waals surface area contributed by atoms with Gasteiger partial charge in [-0.15, -0.1) is 0 Å². The van der Waals surface area contributed by atoms with E-state index >= 15 is 0 Å². The number of carbonyl (C=O) groups excluding carboxylic acids is 1. The summed E-state index contributed by atoms with van der Waals surface area (Å²) in [6.07, 6.45) is 10.2. The molecule has 214 valence electrons. The minimum Gasteiger partial charge on any atom is -0.508 e. The Morgan fingerprint density at radius 3 is 2.26 bits per heavy atom. The molecule has 39 heavy (non-hydrogen) atoms. The number of allylic oxidation sites excluding steroid dienone is 1. The van der Waals surface area contributed by atoms with Crippen LogP contribution < -0.4 is 14.2 Å². The predicted molar refractivity (Wildman–Crippen MR) is 151 cm³/mol. The molecule has 3 N–H and O–H groups in total. The van der Waals surface area contributed by atoms with Crippen LogP contribution in [0.4, 0.5) is 0 Å². The Balaban J connectivity index is 1.76. The summed E-state index contributed by atoms with van der Waals surface area (Å²) in [5.41, 5.74) is 1.05. The van der Waals surface area contributed by atoms with Gasteiger partial charge in [-0.1, -0.05) is 77.9 Å². The Morgan fingerprint density at radius 1 is 0.897 bits per heavy atom. The topological polar surface area (TPSA) is 105 Å². The Morgan fingerprint density at radius 2 is 1.56 bits per heavy atom. The van der Waals surface area contributed by atoms with Crippen molar-refractivity contribution in [3.8, 4) is 28.7 Å². The van der Waals surface area contributed by atoms with Gasteiger partial charge in [0.05, 0.1) is 11.9 Å². The van der Waals surface area contributed by atoms with Gasteiger partial charge in [0.15, 0.2) is 11.5 Å². The van der Waals surface area contributed by atoms with Crippen LogP contribution in [-0.2, 0) is 11.2 Å². The molecule has 0 saturated carbocycles. The van der Waals surface area contributed by atoms with E-state index in [2.05, 4.69) is 20.4 Å². The molecule has 2 aromatic carbocycles.